The Balaban J connectivity index is 1.81. The quantitative estimate of drug-likeness (QED) is 0.740. The van der Waals surface area contributed by atoms with Crippen LogP contribution in [0, 0.1) is 29.1 Å². The van der Waals surface area contributed by atoms with Crippen molar-refractivity contribution < 1.29 is 4.79 Å². The van der Waals surface area contributed by atoms with Crippen LogP contribution in [0.4, 0.5) is 0 Å². The first-order valence-corrected chi connectivity index (χ1v) is 8.08. The summed E-state index contributed by atoms with van der Waals surface area (Å²) in [4.78, 5) is 14.5. The minimum absolute atomic E-state index is 0.353. The second-order valence-electron chi connectivity index (χ2n) is 8.09. The fourth-order valence-electron chi connectivity index (χ4n) is 3.69. The van der Waals surface area contributed by atoms with Crippen LogP contribution in [-0.4, -0.2) is 23.9 Å². The van der Waals surface area contributed by atoms with Gasteiger partial charge in [-0.3, -0.25) is 4.79 Å². The SMILES string of the molecule is CC1CC(C(=O)N2CCC([C@@H](C)C(C)(C)C)CC2)C1. The Hall–Kier alpha value is -0.530. The Kier molecular flexibility index (Phi) is 4.27. The second kappa shape index (κ2) is 5.46. The van der Waals surface area contributed by atoms with Crippen LogP contribution < -0.4 is 0 Å². The Morgan fingerprint density at radius 1 is 1.16 bits per heavy atom. The lowest BCUT2D eigenvalue weighted by molar-refractivity contribution is -0.141. The number of carbonyl (C=O) groups excluding carboxylic acids is 1. The minimum atomic E-state index is 0.353. The molecule has 1 heterocycles. The number of carbonyl (C=O) groups is 1. The summed E-state index contributed by atoms with van der Waals surface area (Å²) in [5.41, 5.74) is 0.389. The van der Waals surface area contributed by atoms with Crippen molar-refractivity contribution >= 4 is 5.91 Å². The third-order valence-electron chi connectivity index (χ3n) is 5.65. The molecule has 1 aliphatic heterocycles. The molecule has 0 radical (unpaired) electrons. The van der Waals surface area contributed by atoms with Crippen LogP contribution in [-0.2, 0) is 4.79 Å². The second-order valence-corrected chi connectivity index (χ2v) is 8.09. The van der Waals surface area contributed by atoms with Gasteiger partial charge in [0.15, 0.2) is 0 Å². The maximum Gasteiger partial charge on any atom is 0.225 e. The van der Waals surface area contributed by atoms with Crippen LogP contribution in [0.15, 0.2) is 0 Å². The number of hydrogen-bond acceptors (Lipinski definition) is 1. The van der Waals surface area contributed by atoms with Crippen LogP contribution >= 0.6 is 0 Å². The zero-order valence-electron chi connectivity index (χ0n) is 13.4. The average Bonchev–Trinajstić information content (AvgIpc) is 2.32. The molecule has 0 spiro atoms. The Morgan fingerprint density at radius 2 is 1.68 bits per heavy atom. The molecule has 1 saturated heterocycles. The lowest BCUT2D eigenvalue weighted by Gasteiger charge is -2.42. The Morgan fingerprint density at radius 3 is 2.11 bits per heavy atom. The van der Waals surface area contributed by atoms with E-state index in [1.807, 2.05) is 0 Å². The number of nitrogens with zero attached hydrogens (tertiary/aromatic N) is 1. The predicted molar refractivity (Wildman–Crippen MR) is 79.8 cm³/mol. The van der Waals surface area contributed by atoms with Crippen LogP contribution in [0.2, 0.25) is 0 Å². The normalized spacial score (nSPS) is 30.9. The van der Waals surface area contributed by atoms with Gasteiger partial charge in [0.05, 0.1) is 0 Å². The molecule has 2 fully saturated rings. The lowest BCUT2D eigenvalue weighted by atomic mass is 9.70. The van der Waals surface area contributed by atoms with Crippen molar-refractivity contribution in [2.45, 2.75) is 60.3 Å². The van der Waals surface area contributed by atoms with Crippen molar-refractivity contribution in [1.82, 2.24) is 4.90 Å². The molecule has 0 aromatic rings. The van der Waals surface area contributed by atoms with Gasteiger partial charge in [-0.25, -0.2) is 0 Å². The topological polar surface area (TPSA) is 20.3 Å². The third kappa shape index (κ3) is 3.32. The molecule has 1 atom stereocenters. The highest BCUT2D eigenvalue weighted by molar-refractivity contribution is 5.79. The molecule has 2 rings (SSSR count). The number of piperidine rings is 1. The molecule has 0 unspecified atom stereocenters. The van der Waals surface area contributed by atoms with Gasteiger partial charge >= 0.3 is 0 Å². The summed E-state index contributed by atoms with van der Waals surface area (Å²) in [5, 5.41) is 0. The first-order valence-electron chi connectivity index (χ1n) is 8.08. The highest BCUT2D eigenvalue weighted by Gasteiger charge is 2.37. The molecule has 2 heteroatoms. The van der Waals surface area contributed by atoms with E-state index in [0.717, 1.165) is 43.7 Å². The zero-order chi connectivity index (χ0) is 14.2. The molecule has 110 valence electrons. The minimum Gasteiger partial charge on any atom is -0.342 e. The summed E-state index contributed by atoms with van der Waals surface area (Å²) in [5.74, 6) is 3.11. The van der Waals surface area contributed by atoms with Crippen LogP contribution in [0.5, 0.6) is 0 Å². The summed E-state index contributed by atoms with van der Waals surface area (Å²) in [6.07, 6.45) is 4.65. The molecule has 19 heavy (non-hydrogen) atoms. The van der Waals surface area contributed by atoms with Gasteiger partial charge in [0.1, 0.15) is 0 Å². The fraction of sp³-hybridized carbons (Fsp3) is 0.941. The van der Waals surface area contributed by atoms with Gasteiger partial charge in [0.2, 0.25) is 5.91 Å². The monoisotopic (exact) mass is 265 g/mol. The highest BCUT2D eigenvalue weighted by atomic mass is 16.2. The Labute approximate surface area is 118 Å². The predicted octanol–water partition coefficient (Wildman–Crippen LogP) is 3.95. The molecule has 2 nitrogen and oxygen atoms in total. The van der Waals surface area contributed by atoms with Crippen LogP contribution in [0.25, 0.3) is 0 Å². The van der Waals surface area contributed by atoms with Crippen LogP contribution in [0.3, 0.4) is 0 Å². The number of rotatable bonds is 2. The van der Waals surface area contributed by atoms with Gasteiger partial charge in [-0.2, -0.15) is 0 Å². The van der Waals surface area contributed by atoms with Crippen LogP contribution in [0.1, 0.15) is 60.3 Å². The maximum atomic E-state index is 12.3. The molecule has 0 N–H and O–H groups in total. The van der Waals surface area contributed by atoms with Gasteiger partial charge in [-0.1, -0.05) is 34.6 Å². The van der Waals surface area contributed by atoms with Crippen molar-refractivity contribution in [2.24, 2.45) is 29.1 Å². The molecular weight excluding hydrogens is 234 g/mol. The van der Waals surface area contributed by atoms with Crippen molar-refractivity contribution in [1.29, 1.82) is 0 Å². The van der Waals surface area contributed by atoms with E-state index in [4.69, 9.17) is 0 Å². The smallest absolute Gasteiger partial charge is 0.225 e. The van der Waals surface area contributed by atoms with Gasteiger partial charge < -0.3 is 4.90 Å². The van der Waals surface area contributed by atoms with E-state index in [-0.39, 0.29) is 0 Å². The molecule has 0 aromatic carbocycles. The van der Waals surface area contributed by atoms with Crippen molar-refractivity contribution in [3.63, 3.8) is 0 Å². The van der Waals surface area contributed by atoms with Crippen molar-refractivity contribution in [3.8, 4) is 0 Å². The van der Waals surface area contributed by atoms with E-state index < -0.39 is 0 Å². The highest BCUT2D eigenvalue weighted by Crippen LogP contribution is 2.39. The van der Waals surface area contributed by atoms with E-state index in [9.17, 15) is 4.79 Å². The van der Waals surface area contributed by atoms with E-state index in [2.05, 4.69) is 39.5 Å². The largest absolute Gasteiger partial charge is 0.342 e. The Bertz CT molecular complexity index is 317. The van der Waals surface area contributed by atoms with Crippen molar-refractivity contribution in [3.05, 3.63) is 0 Å². The van der Waals surface area contributed by atoms with Gasteiger partial charge in [-0.15, -0.1) is 0 Å². The molecule has 0 bridgehead atoms. The third-order valence-corrected chi connectivity index (χ3v) is 5.65. The summed E-state index contributed by atoms with van der Waals surface area (Å²) >= 11 is 0. The van der Waals surface area contributed by atoms with E-state index in [1.165, 1.54) is 12.8 Å². The lowest BCUT2D eigenvalue weighted by Crippen LogP contribution is -2.46. The van der Waals surface area contributed by atoms with E-state index in [1.54, 1.807) is 0 Å². The summed E-state index contributed by atoms with van der Waals surface area (Å²) in [6, 6.07) is 0. The van der Waals surface area contributed by atoms with Gasteiger partial charge in [0.25, 0.3) is 0 Å². The number of likely N-dealkylation sites (tertiary alicyclic amines) is 1. The number of hydrogen-bond donors (Lipinski definition) is 0. The average molecular weight is 265 g/mol. The summed E-state index contributed by atoms with van der Waals surface area (Å²) < 4.78 is 0. The summed E-state index contributed by atoms with van der Waals surface area (Å²) in [6.45, 7) is 13.6. The molecule has 2 aliphatic rings. The summed E-state index contributed by atoms with van der Waals surface area (Å²) in [7, 11) is 0. The molecular formula is C17H31NO. The standard InChI is InChI=1S/C17H31NO/c1-12-10-15(11-12)16(19)18-8-6-14(7-9-18)13(2)17(3,4)5/h12-15H,6-11H2,1-5H3/t12?,13-,15?/m1/s1. The van der Waals surface area contributed by atoms with E-state index >= 15 is 0 Å². The molecule has 1 saturated carbocycles. The fourth-order valence-corrected chi connectivity index (χ4v) is 3.69. The first kappa shape index (κ1) is 14.9. The molecule has 1 aliphatic carbocycles. The molecule has 0 aromatic heterocycles. The van der Waals surface area contributed by atoms with Crippen molar-refractivity contribution in [2.75, 3.05) is 13.1 Å². The molecule has 1 amide bonds. The van der Waals surface area contributed by atoms with Gasteiger partial charge in [0, 0.05) is 19.0 Å². The van der Waals surface area contributed by atoms with Gasteiger partial charge in [-0.05, 0) is 48.9 Å². The zero-order valence-corrected chi connectivity index (χ0v) is 13.4. The number of amides is 1. The maximum absolute atomic E-state index is 12.3. The van der Waals surface area contributed by atoms with E-state index in [0.29, 0.717) is 17.2 Å². The first-order chi connectivity index (χ1) is 8.79.